The van der Waals surface area contributed by atoms with Crippen LogP contribution < -0.4 is 10.6 Å². The van der Waals surface area contributed by atoms with Gasteiger partial charge in [-0.1, -0.05) is 12.1 Å². The van der Waals surface area contributed by atoms with Gasteiger partial charge >= 0.3 is 6.18 Å². The number of hydrogen-bond donors (Lipinski definition) is 1. The molecule has 122 valence electrons. The summed E-state index contributed by atoms with van der Waals surface area (Å²) < 4.78 is 38.3. The molecule has 0 atom stereocenters. The number of nitrogens with zero attached hydrogens (tertiary/aromatic N) is 3. The minimum Gasteiger partial charge on any atom is -0.355 e. The van der Waals surface area contributed by atoms with E-state index in [0.717, 1.165) is 43.9 Å². The highest BCUT2D eigenvalue weighted by Crippen LogP contribution is 2.31. The summed E-state index contributed by atoms with van der Waals surface area (Å²) in [5.74, 6) is 0.729. The van der Waals surface area contributed by atoms with Crippen molar-refractivity contribution < 1.29 is 13.2 Å². The fraction of sp³-hybridized carbons (Fsp3) is 0.375. The van der Waals surface area contributed by atoms with E-state index in [-0.39, 0.29) is 6.04 Å². The molecule has 23 heavy (non-hydrogen) atoms. The van der Waals surface area contributed by atoms with Gasteiger partial charge in [0.15, 0.2) is 5.82 Å². The van der Waals surface area contributed by atoms with Gasteiger partial charge in [0.2, 0.25) is 0 Å². The normalized spacial score (nSPS) is 16.6. The maximum atomic E-state index is 12.8. The maximum Gasteiger partial charge on any atom is 0.416 e. The van der Waals surface area contributed by atoms with Gasteiger partial charge in [0.05, 0.1) is 11.3 Å². The van der Waals surface area contributed by atoms with Crippen LogP contribution in [0.5, 0.6) is 0 Å². The first kappa shape index (κ1) is 15.7. The SMILES string of the molecule is NC1CCN(c2ccc(-c3cccc(C(F)(F)F)c3)nn2)CC1. The molecular formula is C16H17F3N4. The number of benzene rings is 1. The highest BCUT2D eigenvalue weighted by molar-refractivity contribution is 5.61. The number of anilines is 1. The largest absolute Gasteiger partial charge is 0.416 e. The Morgan fingerprint density at radius 1 is 1.04 bits per heavy atom. The summed E-state index contributed by atoms with van der Waals surface area (Å²) in [6.07, 6.45) is -2.57. The zero-order chi connectivity index (χ0) is 16.4. The van der Waals surface area contributed by atoms with Crippen LogP contribution in [0.15, 0.2) is 36.4 Å². The zero-order valence-electron chi connectivity index (χ0n) is 12.4. The number of nitrogens with two attached hydrogens (primary N) is 1. The molecule has 1 aromatic heterocycles. The van der Waals surface area contributed by atoms with Gasteiger partial charge in [0, 0.05) is 24.7 Å². The molecule has 0 bridgehead atoms. The van der Waals surface area contributed by atoms with Crippen LogP contribution in [-0.2, 0) is 6.18 Å². The monoisotopic (exact) mass is 322 g/mol. The van der Waals surface area contributed by atoms with Crippen molar-refractivity contribution in [1.82, 2.24) is 10.2 Å². The first-order valence-corrected chi connectivity index (χ1v) is 7.45. The van der Waals surface area contributed by atoms with Gasteiger partial charge in [0.1, 0.15) is 0 Å². The molecule has 0 radical (unpaired) electrons. The Hall–Kier alpha value is -2.15. The summed E-state index contributed by atoms with van der Waals surface area (Å²) in [6, 6.07) is 8.82. The van der Waals surface area contributed by atoms with Crippen molar-refractivity contribution in [2.45, 2.75) is 25.1 Å². The molecule has 3 rings (SSSR count). The van der Waals surface area contributed by atoms with Crippen molar-refractivity contribution in [3.63, 3.8) is 0 Å². The summed E-state index contributed by atoms with van der Waals surface area (Å²) in [7, 11) is 0. The lowest BCUT2D eigenvalue weighted by molar-refractivity contribution is -0.137. The van der Waals surface area contributed by atoms with Gasteiger partial charge < -0.3 is 10.6 Å². The summed E-state index contributed by atoms with van der Waals surface area (Å²) in [6.45, 7) is 1.64. The van der Waals surface area contributed by atoms with E-state index in [9.17, 15) is 13.2 Å². The Bertz CT molecular complexity index is 662. The Kier molecular flexibility index (Phi) is 4.21. The van der Waals surface area contributed by atoms with Crippen molar-refractivity contribution in [3.8, 4) is 11.3 Å². The first-order chi connectivity index (χ1) is 10.9. The summed E-state index contributed by atoms with van der Waals surface area (Å²) in [4.78, 5) is 2.09. The van der Waals surface area contributed by atoms with Crippen molar-refractivity contribution in [3.05, 3.63) is 42.0 Å². The summed E-state index contributed by atoms with van der Waals surface area (Å²) in [5, 5.41) is 8.23. The fourth-order valence-electron chi connectivity index (χ4n) is 2.63. The second-order valence-corrected chi connectivity index (χ2v) is 5.68. The lowest BCUT2D eigenvalue weighted by Gasteiger charge is -2.30. The molecule has 4 nitrogen and oxygen atoms in total. The second kappa shape index (κ2) is 6.16. The fourth-order valence-corrected chi connectivity index (χ4v) is 2.63. The van der Waals surface area contributed by atoms with E-state index >= 15 is 0 Å². The molecule has 1 aliphatic heterocycles. The predicted molar refractivity (Wildman–Crippen MR) is 81.9 cm³/mol. The molecule has 2 heterocycles. The van der Waals surface area contributed by atoms with Gasteiger partial charge in [-0.25, -0.2) is 0 Å². The highest BCUT2D eigenvalue weighted by atomic mass is 19.4. The van der Waals surface area contributed by atoms with E-state index in [1.807, 2.05) is 0 Å². The second-order valence-electron chi connectivity index (χ2n) is 5.68. The number of halogens is 3. The highest BCUT2D eigenvalue weighted by Gasteiger charge is 2.30. The molecule has 1 saturated heterocycles. The topological polar surface area (TPSA) is 55.0 Å². The maximum absolute atomic E-state index is 12.8. The van der Waals surface area contributed by atoms with Crippen molar-refractivity contribution >= 4 is 5.82 Å². The van der Waals surface area contributed by atoms with Crippen molar-refractivity contribution in [2.24, 2.45) is 5.73 Å². The van der Waals surface area contributed by atoms with E-state index in [4.69, 9.17) is 5.73 Å². The van der Waals surface area contributed by atoms with Crippen LogP contribution in [0.3, 0.4) is 0 Å². The minimum absolute atomic E-state index is 0.226. The molecule has 0 aliphatic carbocycles. The minimum atomic E-state index is -4.37. The quantitative estimate of drug-likeness (QED) is 0.923. The standard InChI is InChI=1S/C16H17F3N4/c17-16(18,19)12-3-1-2-11(10-12)14-4-5-15(22-21-14)23-8-6-13(20)7-9-23/h1-5,10,13H,6-9,20H2. The summed E-state index contributed by atoms with van der Waals surface area (Å²) >= 11 is 0. The van der Waals surface area contributed by atoms with Crippen LogP contribution in [-0.4, -0.2) is 29.3 Å². The molecule has 1 fully saturated rings. The summed E-state index contributed by atoms with van der Waals surface area (Å²) in [5.41, 5.74) is 6.01. The van der Waals surface area contributed by atoms with Crippen LogP contribution in [0, 0.1) is 0 Å². The van der Waals surface area contributed by atoms with Gasteiger partial charge in [-0.15, -0.1) is 10.2 Å². The number of piperidine rings is 1. The first-order valence-electron chi connectivity index (χ1n) is 7.45. The lowest BCUT2D eigenvalue weighted by atomic mass is 10.1. The molecule has 2 N–H and O–H groups in total. The average Bonchev–Trinajstić information content (AvgIpc) is 2.55. The van der Waals surface area contributed by atoms with Crippen LogP contribution in [0.4, 0.5) is 19.0 Å². The molecule has 0 unspecified atom stereocenters. The molecule has 1 aromatic carbocycles. The third-order valence-corrected chi connectivity index (χ3v) is 4.00. The van der Waals surface area contributed by atoms with Crippen LogP contribution in [0.1, 0.15) is 18.4 Å². The van der Waals surface area contributed by atoms with E-state index in [1.54, 1.807) is 18.2 Å². The molecule has 1 aliphatic rings. The van der Waals surface area contributed by atoms with Gasteiger partial charge in [-0.3, -0.25) is 0 Å². The van der Waals surface area contributed by atoms with Gasteiger partial charge in [0.25, 0.3) is 0 Å². The molecule has 2 aromatic rings. The Morgan fingerprint density at radius 3 is 2.39 bits per heavy atom. The molecule has 0 spiro atoms. The Balaban J connectivity index is 1.80. The number of aromatic nitrogens is 2. The Labute approximate surface area is 132 Å². The lowest BCUT2D eigenvalue weighted by Crippen LogP contribution is -2.40. The van der Waals surface area contributed by atoms with E-state index in [1.165, 1.54) is 6.07 Å². The van der Waals surface area contributed by atoms with Crippen molar-refractivity contribution in [2.75, 3.05) is 18.0 Å². The van der Waals surface area contributed by atoms with Crippen LogP contribution in [0.2, 0.25) is 0 Å². The predicted octanol–water partition coefficient (Wildman–Crippen LogP) is 3.09. The van der Waals surface area contributed by atoms with Gasteiger partial charge in [-0.2, -0.15) is 13.2 Å². The molecule has 0 saturated carbocycles. The van der Waals surface area contributed by atoms with E-state index in [2.05, 4.69) is 15.1 Å². The third kappa shape index (κ3) is 3.61. The molecule has 7 heteroatoms. The Morgan fingerprint density at radius 2 is 1.78 bits per heavy atom. The van der Waals surface area contributed by atoms with Crippen LogP contribution >= 0.6 is 0 Å². The number of rotatable bonds is 2. The molecule has 0 amide bonds. The van der Waals surface area contributed by atoms with E-state index in [0.29, 0.717) is 11.3 Å². The number of hydrogen-bond acceptors (Lipinski definition) is 4. The molecular weight excluding hydrogens is 305 g/mol. The zero-order valence-corrected chi connectivity index (χ0v) is 12.4. The third-order valence-electron chi connectivity index (χ3n) is 4.00. The van der Waals surface area contributed by atoms with Crippen molar-refractivity contribution in [1.29, 1.82) is 0 Å². The van der Waals surface area contributed by atoms with E-state index < -0.39 is 11.7 Å². The number of alkyl halides is 3. The average molecular weight is 322 g/mol. The van der Waals surface area contributed by atoms with Crippen LogP contribution in [0.25, 0.3) is 11.3 Å². The smallest absolute Gasteiger partial charge is 0.355 e. The van der Waals surface area contributed by atoms with Gasteiger partial charge in [-0.05, 0) is 37.1 Å².